The fraction of sp³-hybridized carbons (Fsp3) is 0.333. The van der Waals surface area contributed by atoms with Gasteiger partial charge in [-0.25, -0.2) is 4.68 Å². The number of nitrogens with zero attached hydrogens (tertiary/aromatic N) is 3. The first kappa shape index (κ1) is 12.3. The zero-order valence-corrected chi connectivity index (χ0v) is 11.5. The van der Waals surface area contributed by atoms with E-state index in [9.17, 15) is 0 Å². The predicted molar refractivity (Wildman–Crippen MR) is 71.2 cm³/mol. The molecule has 2 aromatic rings. The minimum Gasteiger partial charge on any atom is -0.311 e. The van der Waals surface area contributed by atoms with E-state index in [1.807, 2.05) is 23.0 Å². The van der Waals surface area contributed by atoms with Crippen LogP contribution in [0.1, 0.15) is 18.2 Å². The largest absolute Gasteiger partial charge is 0.311 e. The number of halogens is 1. The molecule has 0 spiro atoms. The van der Waals surface area contributed by atoms with Crippen LogP contribution in [0.25, 0.3) is 5.69 Å². The molecule has 0 aliphatic heterocycles. The zero-order valence-electron chi connectivity index (χ0n) is 9.94. The highest BCUT2D eigenvalue weighted by atomic mass is 79.9. The zero-order chi connectivity index (χ0) is 12.3. The number of nitrogens with one attached hydrogen (secondary N) is 1. The van der Waals surface area contributed by atoms with Crippen molar-refractivity contribution in [2.75, 3.05) is 6.54 Å². The summed E-state index contributed by atoms with van der Waals surface area (Å²) in [6.45, 7) is 5.82. The smallest absolute Gasteiger partial charge is 0.0969 e. The Morgan fingerprint density at radius 3 is 3.00 bits per heavy atom. The Morgan fingerprint density at radius 1 is 1.41 bits per heavy atom. The SMILES string of the molecule is CCNCc1cn(-c2cc(Br)ccc2C)nn1. The summed E-state index contributed by atoms with van der Waals surface area (Å²) in [5.74, 6) is 0. The van der Waals surface area contributed by atoms with Gasteiger partial charge >= 0.3 is 0 Å². The molecule has 1 aromatic carbocycles. The number of rotatable bonds is 4. The van der Waals surface area contributed by atoms with Gasteiger partial charge in [0.1, 0.15) is 0 Å². The molecule has 0 amide bonds. The van der Waals surface area contributed by atoms with Crippen LogP contribution in [0.15, 0.2) is 28.9 Å². The van der Waals surface area contributed by atoms with Crippen molar-refractivity contribution in [3.8, 4) is 5.69 Å². The minimum atomic E-state index is 0.754. The van der Waals surface area contributed by atoms with Crippen molar-refractivity contribution in [3.05, 3.63) is 40.1 Å². The van der Waals surface area contributed by atoms with Gasteiger partial charge in [0, 0.05) is 11.0 Å². The molecule has 90 valence electrons. The van der Waals surface area contributed by atoms with Crippen molar-refractivity contribution < 1.29 is 0 Å². The molecule has 0 aliphatic carbocycles. The average molecular weight is 295 g/mol. The number of hydrogen-bond donors (Lipinski definition) is 1. The first-order valence-corrected chi connectivity index (χ1v) is 6.38. The van der Waals surface area contributed by atoms with Crippen molar-refractivity contribution in [2.24, 2.45) is 0 Å². The Morgan fingerprint density at radius 2 is 2.24 bits per heavy atom. The van der Waals surface area contributed by atoms with Crippen LogP contribution in [0.2, 0.25) is 0 Å². The maximum atomic E-state index is 4.15. The predicted octanol–water partition coefficient (Wildman–Crippen LogP) is 2.45. The summed E-state index contributed by atoms with van der Waals surface area (Å²) in [5, 5.41) is 11.5. The van der Waals surface area contributed by atoms with E-state index in [1.165, 1.54) is 5.56 Å². The monoisotopic (exact) mass is 294 g/mol. The second-order valence-electron chi connectivity index (χ2n) is 3.87. The van der Waals surface area contributed by atoms with Gasteiger partial charge in [0.2, 0.25) is 0 Å². The Labute approximate surface area is 109 Å². The summed E-state index contributed by atoms with van der Waals surface area (Å²) >= 11 is 3.47. The molecule has 1 heterocycles. The molecule has 5 heteroatoms. The number of aromatic nitrogens is 3. The second kappa shape index (κ2) is 5.42. The van der Waals surface area contributed by atoms with E-state index >= 15 is 0 Å². The third-order valence-electron chi connectivity index (χ3n) is 2.51. The minimum absolute atomic E-state index is 0.754. The van der Waals surface area contributed by atoms with Crippen molar-refractivity contribution in [1.29, 1.82) is 0 Å². The second-order valence-corrected chi connectivity index (χ2v) is 4.78. The average Bonchev–Trinajstić information content (AvgIpc) is 2.78. The van der Waals surface area contributed by atoms with Crippen LogP contribution in [0.5, 0.6) is 0 Å². The Balaban J connectivity index is 2.27. The van der Waals surface area contributed by atoms with E-state index in [4.69, 9.17) is 0 Å². The van der Waals surface area contributed by atoms with Gasteiger partial charge in [-0.1, -0.05) is 34.1 Å². The van der Waals surface area contributed by atoms with Crippen LogP contribution in [0, 0.1) is 6.92 Å². The number of benzene rings is 1. The fourth-order valence-corrected chi connectivity index (χ4v) is 1.93. The van der Waals surface area contributed by atoms with E-state index in [-0.39, 0.29) is 0 Å². The van der Waals surface area contributed by atoms with Gasteiger partial charge in [0.25, 0.3) is 0 Å². The van der Waals surface area contributed by atoms with Gasteiger partial charge in [-0.15, -0.1) is 5.10 Å². The normalized spacial score (nSPS) is 10.8. The summed E-state index contributed by atoms with van der Waals surface area (Å²) in [6.07, 6.45) is 1.96. The molecule has 17 heavy (non-hydrogen) atoms. The van der Waals surface area contributed by atoms with Crippen molar-refractivity contribution in [2.45, 2.75) is 20.4 Å². The highest BCUT2D eigenvalue weighted by Crippen LogP contribution is 2.19. The van der Waals surface area contributed by atoms with Gasteiger partial charge in [-0.3, -0.25) is 0 Å². The van der Waals surface area contributed by atoms with Gasteiger partial charge in [-0.05, 0) is 31.2 Å². The summed E-state index contributed by atoms with van der Waals surface area (Å²) in [6, 6.07) is 6.13. The van der Waals surface area contributed by atoms with E-state index in [0.717, 1.165) is 28.9 Å². The quantitative estimate of drug-likeness (QED) is 0.942. The van der Waals surface area contributed by atoms with E-state index < -0.39 is 0 Å². The molecular formula is C12H15BrN4. The Bertz CT molecular complexity index is 507. The van der Waals surface area contributed by atoms with Crippen LogP contribution < -0.4 is 5.32 Å². The first-order chi connectivity index (χ1) is 8.20. The van der Waals surface area contributed by atoms with Crippen LogP contribution in [0.3, 0.4) is 0 Å². The molecule has 0 saturated heterocycles. The molecule has 0 unspecified atom stereocenters. The molecule has 0 aliphatic rings. The summed E-state index contributed by atoms with van der Waals surface area (Å²) < 4.78 is 2.86. The molecule has 0 bridgehead atoms. The Kier molecular flexibility index (Phi) is 3.91. The molecule has 0 atom stereocenters. The van der Waals surface area contributed by atoms with Crippen molar-refractivity contribution in [3.63, 3.8) is 0 Å². The van der Waals surface area contributed by atoms with Crippen molar-refractivity contribution in [1.82, 2.24) is 20.3 Å². The molecule has 1 aromatic heterocycles. The summed E-state index contributed by atoms with van der Waals surface area (Å²) in [5.41, 5.74) is 3.17. The molecule has 4 nitrogen and oxygen atoms in total. The standard InChI is InChI=1S/C12H15BrN4/c1-3-14-7-11-8-17(16-15-11)12-6-10(13)5-4-9(12)2/h4-6,8,14H,3,7H2,1-2H3. The number of aryl methyl sites for hydroxylation is 1. The molecular weight excluding hydrogens is 280 g/mol. The topological polar surface area (TPSA) is 42.7 Å². The maximum absolute atomic E-state index is 4.15. The molecule has 0 radical (unpaired) electrons. The fourth-order valence-electron chi connectivity index (χ4n) is 1.58. The lowest BCUT2D eigenvalue weighted by molar-refractivity contribution is 0.705. The molecule has 2 rings (SSSR count). The lowest BCUT2D eigenvalue weighted by atomic mass is 10.2. The van der Waals surface area contributed by atoms with Gasteiger partial charge in [0.15, 0.2) is 0 Å². The summed E-state index contributed by atoms with van der Waals surface area (Å²) in [4.78, 5) is 0. The lowest BCUT2D eigenvalue weighted by Crippen LogP contribution is -2.11. The molecule has 0 fully saturated rings. The van der Waals surface area contributed by atoms with Gasteiger partial charge in [-0.2, -0.15) is 0 Å². The van der Waals surface area contributed by atoms with E-state index in [0.29, 0.717) is 0 Å². The van der Waals surface area contributed by atoms with Crippen LogP contribution in [0.4, 0.5) is 0 Å². The third kappa shape index (κ3) is 2.92. The van der Waals surface area contributed by atoms with Crippen LogP contribution in [-0.2, 0) is 6.54 Å². The van der Waals surface area contributed by atoms with E-state index in [1.54, 1.807) is 0 Å². The molecule has 1 N–H and O–H groups in total. The molecule has 0 saturated carbocycles. The van der Waals surface area contributed by atoms with E-state index in [2.05, 4.69) is 51.5 Å². The summed E-state index contributed by atoms with van der Waals surface area (Å²) in [7, 11) is 0. The Hall–Kier alpha value is -1.20. The van der Waals surface area contributed by atoms with Crippen LogP contribution in [-0.4, -0.2) is 21.5 Å². The highest BCUT2D eigenvalue weighted by Gasteiger charge is 2.05. The van der Waals surface area contributed by atoms with Crippen molar-refractivity contribution >= 4 is 15.9 Å². The lowest BCUT2D eigenvalue weighted by Gasteiger charge is -2.04. The van der Waals surface area contributed by atoms with Crippen LogP contribution >= 0.6 is 15.9 Å². The van der Waals surface area contributed by atoms with Gasteiger partial charge < -0.3 is 5.32 Å². The highest BCUT2D eigenvalue weighted by molar-refractivity contribution is 9.10. The number of hydrogen-bond acceptors (Lipinski definition) is 3. The maximum Gasteiger partial charge on any atom is 0.0969 e. The first-order valence-electron chi connectivity index (χ1n) is 5.59. The third-order valence-corrected chi connectivity index (χ3v) is 3.01. The van der Waals surface area contributed by atoms with Gasteiger partial charge in [0.05, 0.1) is 17.6 Å².